The highest BCUT2D eigenvalue weighted by Gasteiger charge is 2.16. The van der Waals surface area contributed by atoms with E-state index in [0.717, 1.165) is 10.0 Å². The van der Waals surface area contributed by atoms with Gasteiger partial charge in [-0.25, -0.2) is 4.79 Å². The van der Waals surface area contributed by atoms with Gasteiger partial charge in [0.25, 0.3) is 0 Å². The van der Waals surface area contributed by atoms with Crippen molar-refractivity contribution in [2.24, 2.45) is 0 Å². The minimum atomic E-state index is -0.576. The number of nitrogens with zero attached hydrogens (tertiary/aromatic N) is 1. The van der Waals surface area contributed by atoms with Crippen LogP contribution >= 0.6 is 15.9 Å². The SMILES string of the molecule is O=C(COC(=O)c1ccc2noc(-c3ccccc3)c2c1)c1ccc(Br)cc1. The fraction of sp³-hybridized carbons (Fsp3) is 0.0455. The van der Waals surface area contributed by atoms with Crippen LogP contribution in [0, 0.1) is 0 Å². The molecule has 1 heterocycles. The lowest BCUT2D eigenvalue weighted by Crippen LogP contribution is -2.14. The zero-order chi connectivity index (χ0) is 19.5. The Balaban J connectivity index is 1.53. The van der Waals surface area contributed by atoms with E-state index in [1.165, 1.54) is 0 Å². The number of benzene rings is 3. The van der Waals surface area contributed by atoms with Crippen LogP contribution in [0.25, 0.3) is 22.2 Å². The summed E-state index contributed by atoms with van der Waals surface area (Å²) in [6.07, 6.45) is 0. The highest BCUT2D eigenvalue weighted by molar-refractivity contribution is 9.10. The monoisotopic (exact) mass is 435 g/mol. The molecule has 0 amide bonds. The predicted octanol–water partition coefficient (Wildman–Crippen LogP) is 5.30. The first-order valence-electron chi connectivity index (χ1n) is 8.52. The third-order valence-electron chi connectivity index (χ3n) is 4.25. The van der Waals surface area contributed by atoms with Gasteiger partial charge in [0.05, 0.1) is 10.9 Å². The molecule has 0 aliphatic rings. The largest absolute Gasteiger partial charge is 0.454 e. The van der Waals surface area contributed by atoms with E-state index in [-0.39, 0.29) is 12.4 Å². The number of hydrogen-bond acceptors (Lipinski definition) is 5. The van der Waals surface area contributed by atoms with Crippen molar-refractivity contribution in [1.29, 1.82) is 0 Å². The van der Waals surface area contributed by atoms with Crippen LogP contribution in [0.1, 0.15) is 20.7 Å². The Morgan fingerprint density at radius 1 is 0.929 bits per heavy atom. The average molecular weight is 436 g/mol. The van der Waals surface area contributed by atoms with E-state index >= 15 is 0 Å². The van der Waals surface area contributed by atoms with Crippen LogP contribution in [-0.4, -0.2) is 23.5 Å². The highest BCUT2D eigenvalue weighted by Crippen LogP contribution is 2.29. The number of hydrogen-bond donors (Lipinski definition) is 0. The predicted molar refractivity (Wildman–Crippen MR) is 108 cm³/mol. The van der Waals surface area contributed by atoms with Crippen molar-refractivity contribution in [2.75, 3.05) is 6.61 Å². The summed E-state index contributed by atoms with van der Waals surface area (Å²) in [6, 6.07) is 21.4. The molecule has 0 atom stereocenters. The van der Waals surface area contributed by atoms with Gasteiger partial charge in [0.15, 0.2) is 18.2 Å². The molecule has 0 spiro atoms. The van der Waals surface area contributed by atoms with Gasteiger partial charge in [0.1, 0.15) is 5.52 Å². The van der Waals surface area contributed by atoms with Gasteiger partial charge in [-0.15, -0.1) is 0 Å². The van der Waals surface area contributed by atoms with Crippen molar-refractivity contribution in [3.8, 4) is 11.3 Å². The Hall–Kier alpha value is -3.25. The van der Waals surface area contributed by atoms with Crippen molar-refractivity contribution < 1.29 is 18.8 Å². The van der Waals surface area contributed by atoms with Crippen LogP contribution in [0.2, 0.25) is 0 Å². The van der Waals surface area contributed by atoms with Crippen LogP contribution in [0.15, 0.2) is 81.8 Å². The summed E-state index contributed by atoms with van der Waals surface area (Å²) in [7, 11) is 0. The van der Waals surface area contributed by atoms with Crippen molar-refractivity contribution in [2.45, 2.75) is 0 Å². The maximum Gasteiger partial charge on any atom is 0.338 e. The third-order valence-corrected chi connectivity index (χ3v) is 4.78. The fourth-order valence-corrected chi connectivity index (χ4v) is 3.06. The Kier molecular flexibility index (Phi) is 5.04. The smallest absolute Gasteiger partial charge is 0.338 e. The van der Waals surface area contributed by atoms with Gasteiger partial charge in [-0.05, 0) is 30.3 Å². The molecule has 0 N–H and O–H groups in total. The molecule has 0 radical (unpaired) electrons. The Morgan fingerprint density at radius 3 is 2.39 bits per heavy atom. The fourth-order valence-electron chi connectivity index (χ4n) is 2.80. The van der Waals surface area contributed by atoms with Crippen molar-refractivity contribution >= 4 is 38.6 Å². The number of carbonyl (C=O) groups is 2. The standard InChI is InChI=1S/C22H14BrNO4/c23-17-9-6-14(7-10-17)20(25)13-27-22(26)16-8-11-19-18(12-16)21(28-24-19)15-4-2-1-3-5-15/h1-12H,13H2. The first kappa shape index (κ1) is 18.1. The number of ether oxygens (including phenoxy) is 1. The maximum atomic E-state index is 12.4. The molecule has 0 unspecified atom stereocenters. The number of halogens is 1. The van der Waals surface area contributed by atoms with Gasteiger partial charge in [-0.2, -0.15) is 0 Å². The van der Waals surface area contributed by atoms with Gasteiger partial charge < -0.3 is 9.26 Å². The molecule has 0 saturated heterocycles. The van der Waals surface area contributed by atoms with E-state index in [1.54, 1.807) is 42.5 Å². The van der Waals surface area contributed by atoms with E-state index in [9.17, 15) is 9.59 Å². The Bertz CT molecular complexity index is 1150. The Morgan fingerprint density at radius 2 is 1.64 bits per heavy atom. The van der Waals surface area contributed by atoms with Crippen LogP contribution < -0.4 is 0 Å². The number of ketones is 1. The zero-order valence-corrected chi connectivity index (χ0v) is 16.2. The van der Waals surface area contributed by atoms with E-state index in [0.29, 0.717) is 27.8 Å². The van der Waals surface area contributed by atoms with E-state index < -0.39 is 5.97 Å². The minimum Gasteiger partial charge on any atom is -0.454 e. The lowest BCUT2D eigenvalue weighted by molar-refractivity contribution is 0.0475. The molecule has 0 aliphatic heterocycles. The quantitative estimate of drug-likeness (QED) is 0.314. The van der Waals surface area contributed by atoms with Gasteiger partial charge in [-0.1, -0.05) is 63.6 Å². The van der Waals surface area contributed by atoms with Crippen molar-refractivity contribution in [3.05, 3.63) is 88.4 Å². The van der Waals surface area contributed by atoms with E-state index in [1.807, 2.05) is 30.3 Å². The first-order chi connectivity index (χ1) is 13.6. The third kappa shape index (κ3) is 3.73. The number of Topliss-reactive ketones (excluding diaryl/α,β-unsaturated/α-hetero) is 1. The molecule has 28 heavy (non-hydrogen) atoms. The molecule has 4 aromatic rings. The van der Waals surface area contributed by atoms with Gasteiger partial charge in [-0.3, -0.25) is 4.79 Å². The van der Waals surface area contributed by atoms with Gasteiger partial charge in [0, 0.05) is 15.6 Å². The molecule has 0 bridgehead atoms. The minimum absolute atomic E-state index is 0.267. The maximum absolute atomic E-state index is 12.4. The van der Waals surface area contributed by atoms with Crippen molar-refractivity contribution in [1.82, 2.24) is 5.16 Å². The summed E-state index contributed by atoms with van der Waals surface area (Å²) >= 11 is 3.32. The molecule has 5 nitrogen and oxygen atoms in total. The van der Waals surface area contributed by atoms with Crippen LogP contribution in [0.5, 0.6) is 0 Å². The second kappa shape index (κ2) is 7.78. The Labute approximate surface area is 169 Å². The number of aromatic nitrogens is 1. The summed E-state index contributed by atoms with van der Waals surface area (Å²) in [4.78, 5) is 24.6. The molecule has 3 aromatic carbocycles. The van der Waals surface area contributed by atoms with E-state index in [2.05, 4.69) is 21.1 Å². The number of fused-ring (bicyclic) bond motifs is 1. The first-order valence-corrected chi connectivity index (χ1v) is 9.32. The molecule has 138 valence electrons. The highest BCUT2D eigenvalue weighted by atomic mass is 79.9. The van der Waals surface area contributed by atoms with Crippen LogP contribution in [0.4, 0.5) is 0 Å². The summed E-state index contributed by atoms with van der Waals surface area (Å²) in [5.74, 6) is -0.263. The summed E-state index contributed by atoms with van der Waals surface area (Å²) in [6.45, 7) is -0.326. The van der Waals surface area contributed by atoms with E-state index in [4.69, 9.17) is 9.26 Å². The van der Waals surface area contributed by atoms with Crippen LogP contribution in [0.3, 0.4) is 0 Å². The topological polar surface area (TPSA) is 69.4 Å². The molecular formula is C22H14BrNO4. The molecule has 6 heteroatoms. The lowest BCUT2D eigenvalue weighted by Gasteiger charge is -2.05. The summed E-state index contributed by atoms with van der Waals surface area (Å²) in [5.41, 5.74) is 2.32. The number of esters is 1. The summed E-state index contributed by atoms with van der Waals surface area (Å²) < 4.78 is 11.5. The molecule has 0 aliphatic carbocycles. The molecule has 4 rings (SSSR count). The second-order valence-electron chi connectivity index (χ2n) is 6.12. The lowest BCUT2D eigenvalue weighted by atomic mass is 10.1. The van der Waals surface area contributed by atoms with Gasteiger partial charge >= 0.3 is 5.97 Å². The van der Waals surface area contributed by atoms with Gasteiger partial charge in [0.2, 0.25) is 0 Å². The summed E-state index contributed by atoms with van der Waals surface area (Å²) in [5, 5.41) is 4.74. The molecule has 1 aromatic heterocycles. The number of rotatable bonds is 5. The number of carbonyl (C=O) groups excluding carboxylic acids is 2. The second-order valence-corrected chi connectivity index (χ2v) is 7.03. The van der Waals surface area contributed by atoms with Crippen LogP contribution in [-0.2, 0) is 4.74 Å². The molecule has 0 fully saturated rings. The van der Waals surface area contributed by atoms with Crippen molar-refractivity contribution in [3.63, 3.8) is 0 Å². The molecule has 0 saturated carbocycles. The zero-order valence-electron chi connectivity index (χ0n) is 14.6. The normalized spacial score (nSPS) is 10.8. The average Bonchev–Trinajstić information content (AvgIpc) is 3.16. The molecular weight excluding hydrogens is 422 g/mol.